The summed E-state index contributed by atoms with van der Waals surface area (Å²) in [4.78, 5) is 25.7. The number of hydrogen-bond donors (Lipinski definition) is 2. The third-order valence-electron chi connectivity index (χ3n) is 2.78. The van der Waals surface area contributed by atoms with Crippen LogP contribution < -0.4 is 5.73 Å². The average molecular weight is 284 g/mol. The molecule has 8 heteroatoms. The Bertz CT molecular complexity index is 476. The van der Waals surface area contributed by atoms with Crippen LogP contribution in [0, 0.1) is 0 Å². The minimum Gasteiger partial charge on any atom is -0.464 e. The lowest BCUT2D eigenvalue weighted by molar-refractivity contribution is -0.147. The van der Waals surface area contributed by atoms with Crippen molar-refractivity contribution in [3.63, 3.8) is 0 Å². The van der Waals surface area contributed by atoms with E-state index in [0.29, 0.717) is 24.6 Å². The van der Waals surface area contributed by atoms with Crippen molar-refractivity contribution in [1.29, 1.82) is 0 Å². The minimum atomic E-state index is -0.546. The van der Waals surface area contributed by atoms with E-state index in [-0.39, 0.29) is 17.7 Å². The second kappa shape index (κ2) is 5.96. The SMILES string of the molecule is CCOC(=O)C1CSCCN1C(=O)c1cc(N)n[nH]1. The van der Waals surface area contributed by atoms with Crippen molar-refractivity contribution in [1.82, 2.24) is 15.1 Å². The summed E-state index contributed by atoms with van der Waals surface area (Å²) in [5, 5.41) is 6.29. The lowest BCUT2D eigenvalue weighted by Gasteiger charge is -2.33. The monoisotopic (exact) mass is 284 g/mol. The van der Waals surface area contributed by atoms with Crippen molar-refractivity contribution in [2.45, 2.75) is 13.0 Å². The number of hydrogen-bond acceptors (Lipinski definition) is 6. The predicted molar refractivity (Wildman–Crippen MR) is 71.8 cm³/mol. The molecule has 1 aromatic rings. The number of ether oxygens (including phenoxy) is 1. The molecular weight excluding hydrogens is 268 g/mol. The van der Waals surface area contributed by atoms with Crippen LogP contribution in [-0.2, 0) is 9.53 Å². The Balaban J connectivity index is 2.15. The van der Waals surface area contributed by atoms with Crippen LogP contribution in [0.25, 0.3) is 0 Å². The van der Waals surface area contributed by atoms with Crippen molar-refractivity contribution in [3.8, 4) is 0 Å². The number of aromatic nitrogens is 2. The van der Waals surface area contributed by atoms with Gasteiger partial charge in [-0.1, -0.05) is 0 Å². The van der Waals surface area contributed by atoms with E-state index in [4.69, 9.17) is 10.5 Å². The van der Waals surface area contributed by atoms with Gasteiger partial charge in [0.25, 0.3) is 5.91 Å². The van der Waals surface area contributed by atoms with Gasteiger partial charge in [-0.25, -0.2) is 4.79 Å². The quantitative estimate of drug-likeness (QED) is 0.764. The molecule has 1 atom stereocenters. The van der Waals surface area contributed by atoms with Crippen LogP contribution in [0.1, 0.15) is 17.4 Å². The standard InChI is InChI=1S/C11H16N4O3S/c1-2-18-11(17)8-6-19-4-3-15(8)10(16)7-5-9(12)14-13-7/h5,8H,2-4,6H2,1H3,(H3,12,13,14). The number of nitrogen functional groups attached to an aromatic ring is 1. The maximum atomic E-state index is 12.3. The van der Waals surface area contributed by atoms with Crippen molar-refractivity contribution < 1.29 is 14.3 Å². The summed E-state index contributed by atoms with van der Waals surface area (Å²) in [5.74, 6) is 0.958. The number of carbonyl (C=O) groups is 2. The number of rotatable bonds is 3. The molecule has 0 saturated carbocycles. The molecule has 0 aromatic carbocycles. The van der Waals surface area contributed by atoms with Gasteiger partial charge in [0, 0.05) is 24.1 Å². The number of anilines is 1. The van der Waals surface area contributed by atoms with Crippen LogP contribution in [0.3, 0.4) is 0 Å². The summed E-state index contributed by atoms with van der Waals surface area (Å²) >= 11 is 1.63. The van der Waals surface area contributed by atoms with E-state index >= 15 is 0 Å². The fourth-order valence-corrected chi connectivity index (χ4v) is 2.91. The van der Waals surface area contributed by atoms with Gasteiger partial charge in [-0.2, -0.15) is 16.9 Å². The highest BCUT2D eigenvalue weighted by Crippen LogP contribution is 2.20. The molecule has 2 heterocycles. The second-order valence-electron chi connectivity index (χ2n) is 4.05. The van der Waals surface area contributed by atoms with E-state index in [0.717, 1.165) is 5.75 Å². The Morgan fingerprint density at radius 1 is 1.68 bits per heavy atom. The van der Waals surface area contributed by atoms with Gasteiger partial charge >= 0.3 is 5.97 Å². The van der Waals surface area contributed by atoms with Crippen LogP contribution >= 0.6 is 11.8 Å². The third kappa shape index (κ3) is 3.01. The number of nitrogens with one attached hydrogen (secondary N) is 1. The summed E-state index contributed by atoms with van der Waals surface area (Å²) in [7, 11) is 0. The molecule has 7 nitrogen and oxygen atoms in total. The van der Waals surface area contributed by atoms with Gasteiger partial charge in [-0.3, -0.25) is 9.89 Å². The van der Waals surface area contributed by atoms with Gasteiger partial charge in [-0.15, -0.1) is 0 Å². The molecule has 1 aliphatic heterocycles. The number of nitrogens with two attached hydrogens (primary N) is 1. The molecule has 0 radical (unpaired) electrons. The van der Waals surface area contributed by atoms with Gasteiger partial charge in [0.15, 0.2) is 0 Å². The molecule has 1 unspecified atom stereocenters. The van der Waals surface area contributed by atoms with E-state index in [1.165, 1.54) is 11.0 Å². The third-order valence-corrected chi connectivity index (χ3v) is 3.80. The molecule has 0 spiro atoms. The summed E-state index contributed by atoms with van der Waals surface area (Å²) in [5.41, 5.74) is 5.77. The molecule has 1 aromatic heterocycles. The maximum Gasteiger partial charge on any atom is 0.329 e. The number of aromatic amines is 1. The number of thioether (sulfide) groups is 1. The summed E-state index contributed by atoms with van der Waals surface area (Å²) in [6.45, 7) is 2.56. The maximum absolute atomic E-state index is 12.3. The van der Waals surface area contributed by atoms with Crippen molar-refractivity contribution >= 4 is 29.5 Å². The fraction of sp³-hybridized carbons (Fsp3) is 0.545. The van der Waals surface area contributed by atoms with Crippen molar-refractivity contribution in [2.24, 2.45) is 0 Å². The zero-order valence-electron chi connectivity index (χ0n) is 10.6. The van der Waals surface area contributed by atoms with Crippen LogP contribution in [0.5, 0.6) is 0 Å². The van der Waals surface area contributed by atoms with E-state index in [1.54, 1.807) is 18.7 Å². The summed E-state index contributed by atoms with van der Waals surface area (Å²) < 4.78 is 5.01. The number of carbonyl (C=O) groups excluding carboxylic acids is 2. The van der Waals surface area contributed by atoms with E-state index < -0.39 is 6.04 Å². The largest absolute Gasteiger partial charge is 0.464 e. The first-order chi connectivity index (χ1) is 9.13. The van der Waals surface area contributed by atoms with Gasteiger partial charge in [0.1, 0.15) is 17.6 Å². The Kier molecular flexibility index (Phi) is 4.31. The fourth-order valence-electron chi connectivity index (χ4n) is 1.88. The zero-order valence-corrected chi connectivity index (χ0v) is 11.4. The van der Waals surface area contributed by atoms with Gasteiger partial charge in [0.05, 0.1) is 6.61 Å². The first-order valence-electron chi connectivity index (χ1n) is 5.99. The van der Waals surface area contributed by atoms with E-state index in [2.05, 4.69) is 10.2 Å². The van der Waals surface area contributed by atoms with Crippen molar-refractivity contribution in [3.05, 3.63) is 11.8 Å². The highest BCUT2D eigenvalue weighted by Gasteiger charge is 2.34. The Morgan fingerprint density at radius 2 is 2.47 bits per heavy atom. The molecule has 3 N–H and O–H groups in total. The van der Waals surface area contributed by atoms with Crippen LogP contribution in [0.4, 0.5) is 5.82 Å². The van der Waals surface area contributed by atoms with Crippen LogP contribution in [0.15, 0.2) is 6.07 Å². The molecule has 104 valence electrons. The lowest BCUT2D eigenvalue weighted by atomic mass is 10.2. The molecule has 1 aliphatic rings. The van der Waals surface area contributed by atoms with E-state index in [9.17, 15) is 9.59 Å². The lowest BCUT2D eigenvalue weighted by Crippen LogP contribution is -2.51. The normalized spacial score (nSPS) is 19.2. The predicted octanol–water partition coefficient (Wildman–Crippen LogP) is 0.113. The van der Waals surface area contributed by atoms with Crippen molar-refractivity contribution in [2.75, 3.05) is 30.4 Å². The zero-order chi connectivity index (χ0) is 13.8. The number of H-pyrrole nitrogens is 1. The van der Waals surface area contributed by atoms with Crippen LogP contribution in [0.2, 0.25) is 0 Å². The van der Waals surface area contributed by atoms with Crippen LogP contribution in [-0.4, -0.2) is 57.7 Å². The highest BCUT2D eigenvalue weighted by atomic mass is 32.2. The molecule has 0 bridgehead atoms. The molecular formula is C11H16N4O3S. The molecule has 0 aliphatic carbocycles. The second-order valence-corrected chi connectivity index (χ2v) is 5.20. The Morgan fingerprint density at radius 3 is 3.11 bits per heavy atom. The molecule has 2 rings (SSSR count). The molecule has 1 amide bonds. The molecule has 1 fully saturated rings. The molecule has 1 saturated heterocycles. The number of amides is 1. The first-order valence-corrected chi connectivity index (χ1v) is 7.15. The topological polar surface area (TPSA) is 101 Å². The smallest absolute Gasteiger partial charge is 0.329 e. The number of nitrogens with zero attached hydrogens (tertiary/aromatic N) is 2. The van der Waals surface area contributed by atoms with Gasteiger partial charge in [0.2, 0.25) is 0 Å². The Hall–Kier alpha value is -1.70. The summed E-state index contributed by atoms with van der Waals surface area (Å²) in [6, 6.07) is 0.919. The Labute approximate surface area is 114 Å². The van der Waals surface area contributed by atoms with Gasteiger partial charge in [-0.05, 0) is 6.92 Å². The molecule has 19 heavy (non-hydrogen) atoms. The number of esters is 1. The van der Waals surface area contributed by atoms with Gasteiger partial charge < -0.3 is 15.4 Å². The first kappa shape index (κ1) is 13.7. The highest BCUT2D eigenvalue weighted by molar-refractivity contribution is 7.99. The van der Waals surface area contributed by atoms with E-state index in [1.807, 2.05) is 0 Å². The summed E-state index contributed by atoms with van der Waals surface area (Å²) in [6.07, 6.45) is 0. The average Bonchev–Trinajstić information content (AvgIpc) is 2.85. The minimum absolute atomic E-state index is 0.252.